The van der Waals surface area contributed by atoms with Crippen molar-refractivity contribution in [2.45, 2.75) is 65.3 Å². The average molecular weight is 515 g/mol. The number of fused-ring (bicyclic) bond motifs is 4. The Hall–Kier alpha value is -2.90. The number of allylic oxidation sites excluding steroid dienone is 2. The minimum absolute atomic E-state index is 0.0935. The van der Waals surface area contributed by atoms with Crippen LogP contribution in [-0.4, -0.2) is 47.1 Å². The van der Waals surface area contributed by atoms with Crippen LogP contribution in [0.3, 0.4) is 0 Å². The fraction of sp³-hybridized carbons (Fsp3) is 0.484. The molecule has 7 heteroatoms. The van der Waals surface area contributed by atoms with Crippen LogP contribution in [0.25, 0.3) is 16.8 Å². The van der Waals surface area contributed by atoms with E-state index in [0.29, 0.717) is 19.2 Å². The van der Waals surface area contributed by atoms with Crippen LogP contribution >= 0.6 is 0 Å². The highest BCUT2D eigenvalue weighted by Gasteiger charge is 2.56. The van der Waals surface area contributed by atoms with Crippen LogP contribution in [-0.2, 0) is 14.2 Å². The summed E-state index contributed by atoms with van der Waals surface area (Å²) < 4.78 is 6.17. The Bertz CT molecular complexity index is 1310. The molecule has 0 saturated carbocycles. The molecule has 2 aromatic rings. The number of hydrogen-bond donors (Lipinski definition) is 2. The van der Waals surface area contributed by atoms with E-state index in [2.05, 4.69) is 26.8 Å². The van der Waals surface area contributed by atoms with E-state index in [1.807, 2.05) is 30.3 Å². The summed E-state index contributed by atoms with van der Waals surface area (Å²) in [5, 5.41) is 22.9. The molecule has 4 atom stereocenters. The first kappa shape index (κ1) is 26.7. The van der Waals surface area contributed by atoms with Crippen LogP contribution in [0.2, 0.25) is 6.32 Å². The molecule has 2 aromatic carbocycles. The molecule has 1 aliphatic carbocycles. The molecule has 6 nitrogen and oxygen atoms in total. The number of carbonyl (C=O) groups is 2. The van der Waals surface area contributed by atoms with Crippen LogP contribution in [0.4, 0.5) is 0 Å². The zero-order valence-corrected chi connectivity index (χ0v) is 22.8. The number of phenols is 1. The molecular formula is C31H38BNO5. The van der Waals surface area contributed by atoms with Gasteiger partial charge in [-0.1, -0.05) is 74.7 Å². The van der Waals surface area contributed by atoms with Crippen molar-refractivity contribution in [1.82, 2.24) is 4.90 Å². The first-order valence-corrected chi connectivity index (χ1v) is 14.0. The first-order valence-electron chi connectivity index (χ1n) is 14.0. The van der Waals surface area contributed by atoms with Gasteiger partial charge in [-0.05, 0) is 66.4 Å². The summed E-state index contributed by atoms with van der Waals surface area (Å²) in [7, 11) is 0.633. The molecular weight excluding hydrogens is 477 g/mol. The molecule has 2 heterocycles. The normalized spacial score (nSPS) is 26.0. The van der Waals surface area contributed by atoms with Crippen molar-refractivity contribution >= 4 is 35.8 Å². The summed E-state index contributed by atoms with van der Waals surface area (Å²) in [6.45, 7) is 6.45. The van der Waals surface area contributed by atoms with Gasteiger partial charge >= 0.3 is 7.12 Å². The highest BCUT2D eigenvalue weighted by atomic mass is 16.5. The summed E-state index contributed by atoms with van der Waals surface area (Å²) in [6.07, 6.45) is 6.33. The monoisotopic (exact) mass is 515 g/mol. The highest BCUT2D eigenvalue weighted by molar-refractivity contribution is 6.43. The van der Waals surface area contributed by atoms with Gasteiger partial charge in [-0.2, -0.15) is 0 Å². The molecule has 0 unspecified atom stereocenters. The molecule has 0 aromatic heterocycles. The summed E-state index contributed by atoms with van der Waals surface area (Å²) in [4.78, 5) is 27.3. The van der Waals surface area contributed by atoms with Crippen molar-refractivity contribution in [2.24, 2.45) is 23.7 Å². The van der Waals surface area contributed by atoms with Gasteiger partial charge in [-0.3, -0.25) is 14.5 Å². The largest absolute Gasteiger partial charge is 0.507 e. The third-order valence-corrected chi connectivity index (χ3v) is 8.75. The summed E-state index contributed by atoms with van der Waals surface area (Å²) in [5.74, 6) is -0.603. The molecule has 2 aliphatic heterocycles. The van der Waals surface area contributed by atoms with E-state index in [1.54, 1.807) is 13.1 Å². The summed E-state index contributed by atoms with van der Waals surface area (Å²) in [5.41, 5.74) is 4.73. The Labute approximate surface area is 225 Å². The topological polar surface area (TPSA) is 87.1 Å². The van der Waals surface area contributed by atoms with E-state index in [9.17, 15) is 19.7 Å². The molecule has 2 saturated heterocycles. The first-order chi connectivity index (χ1) is 18.2. The Morgan fingerprint density at radius 1 is 1.11 bits per heavy atom. The summed E-state index contributed by atoms with van der Waals surface area (Å²) >= 11 is 0. The van der Waals surface area contributed by atoms with Gasteiger partial charge in [0.25, 0.3) is 0 Å². The van der Waals surface area contributed by atoms with Crippen molar-refractivity contribution in [3.63, 3.8) is 0 Å². The Morgan fingerprint density at radius 3 is 2.55 bits per heavy atom. The number of aromatic hydroxyl groups is 1. The quantitative estimate of drug-likeness (QED) is 0.285. The number of benzene rings is 2. The van der Waals surface area contributed by atoms with Gasteiger partial charge in [0.05, 0.1) is 17.9 Å². The zero-order chi connectivity index (χ0) is 27.1. The standard InChI is InChI=1S/C31H38BNO5/c1-5-8-19(15-20-12-13-26(34)22-10-7-6-9-21(20)22)11-14-27-28-23(18(2)3)16-24-29(25(28)17-32(37)38-27)31(36)33(4)30(24)35/h6-7,9-10,12-13,15,18,24-25,27,29,34,37H,5,8,11,14,16-17H2,1-4H3/b19-15+/t24-,25+,27-,29-/m1/s1. The number of rotatable bonds is 7. The van der Waals surface area contributed by atoms with Gasteiger partial charge in [-0.15, -0.1) is 0 Å². The molecule has 2 amide bonds. The number of imide groups is 1. The van der Waals surface area contributed by atoms with E-state index in [4.69, 9.17) is 4.65 Å². The fourth-order valence-electron chi connectivity index (χ4n) is 6.97. The molecule has 200 valence electrons. The van der Waals surface area contributed by atoms with Gasteiger partial charge in [0.2, 0.25) is 11.8 Å². The fourth-order valence-corrected chi connectivity index (χ4v) is 6.97. The van der Waals surface area contributed by atoms with Crippen LogP contribution < -0.4 is 0 Å². The third kappa shape index (κ3) is 4.71. The summed E-state index contributed by atoms with van der Waals surface area (Å²) in [6, 6.07) is 11.6. The number of nitrogens with zero attached hydrogens (tertiary/aromatic N) is 1. The van der Waals surface area contributed by atoms with Gasteiger partial charge in [0.15, 0.2) is 0 Å². The van der Waals surface area contributed by atoms with Crippen molar-refractivity contribution < 1.29 is 24.4 Å². The maximum atomic E-state index is 13.1. The van der Waals surface area contributed by atoms with E-state index in [-0.39, 0.29) is 41.4 Å². The predicted octanol–water partition coefficient (Wildman–Crippen LogP) is 5.59. The number of phenolic OH excluding ortho intramolecular Hbond substituents is 1. The van der Waals surface area contributed by atoms with Crippen LogP contribution in [0.5, 0.6) is 5.75 Å². The molecule has 0 spiro atoms. The molecule has 0 radical (unpaired) electrons. The molecule has 2 N–H and O–H groups in total. The lowest BCUT2D eigenvalue weighted by molar-refractivity contribution is -0.138. The minimum atomic E-state index is -0.950. The van der Waals surface area contributed by atoms with E-state index < -0.39 is 13.0 Å². The Balaban J connectivity index is 1.46. The van der Waals surface area contributed by atoms with Gasteiger partial charge in [0, 0.05) is 12.4 Å². The van der Waals surface area contributed by atoms with Crippen molar-refractivity contribution in [1.29, 1.82) is 0 Å². The second-order valence-corrected chi connectivity index (χ2v) is 11.4. The second-order valence-electron chi connectivity index (χ2n) is 11.4. The predicted molar refractivity (Wildman–Crippen MR) is 150 cm³/mol. The lowest BCUT2D eigenvalue weighted by Crippen LogP contribution is -2.46. The molecule has 2 fully saturated rings. The van der Waals surface area contributed by atoms with E-state index in [0.717, 1.165) is 41.2 Å². The number of hydrogen-bond acceptors (Lipinski definition) is 5. The van der Waals surface area contributed by atoms with Crippen molar-refractivity contribution in [2.75, 3.05) is 7.05 Å². The number of likely N-dealkylation sites (tertiary alicyclic amines) is 1. The average Bonchev–Trinajstić information content (AvgIpc) is 3.12. The van der Waals surface area contributed by atoms with Gasteiger partial charge < -0.3 is 14.8 Å². The third-order valence-electron chi connectivity index (χ3n) is 8.75. The minimum Gasteiger partial charge on any atom is -0.507 e. The smallest absolute Gasteiger partial charge is 0.455 e. The van der Waals surface area contributed by atoms with E-state index >= 15 is 0 Å². The van der Waals surface area contributed by atoms with Gasteiger partial charge in [-0.25, -0.2) is 0 Å². The van der Waals surface area contributed by atoms with Gasteiger partial charge in [0.1, 0.15) is 5.75 Å². The lowest BCUT2D eigenvalue weighted by atomic mass is 9.57. The van der Waals surface area contributed by atoms with Crippen LogP contribution in [0.15, 0.2) is 53.1 Å². The maximum absolute atomic E-state index is 13.1. The van der Waals surface area contributed by atoms with E-state index in [1.165, 1.54) is 16.0 Å². The molecule has 3 aliphatic rings. The molecule has 5 rings (SSSR count). The highest BCUT2D eigenvalue weighted by Crippen LogP contribution is 2.51. The van der Waals surface area contributed by atoms with Crippen LogP contribution in [0.1, 0.15) is 58.4 Å². The van der Waals surface area contributed by atoms with Crippen molar-refractivity contribution in [3.8, 4) is 5.75 Å². The van der Waals surface area contributed by atoms with Crippen molar-refractivity contribution in [3.05, 3.63) is 58.7 Å². The number of amides is 2. The molecule has 38 heavy (non-hydrogen) atoms. The zero-order valence-electron chi connectivity index (χ0n) is 22.8. The van der Waals surface area contributed by atoms with Crippen LogP contribution in [0, 0.1) is 23.7 Å². The SMILES string of the molecule is CCC/C(=C\c1ccc(O)c2ccccc12)CC[C@H]1OB(O)C[C@H]2C1=C(C(C)C)C[C@H]1C(=O)N(C)C(=O)[C@H]12. The second kappa shape index (κ2) is 10.7. The Kier molecular flexibility index (Phi) is 7.52. The molecule has 0 bridgehead atoms. The number of carbonyl (C=O) groups excluding carboxylic acids is 2. The Morgan fingerprint density at radius 2 is 1.84 bits per heavy atom. The maximum Gasteiger partial charge on any atom is 0.455 e. The lowest BCUT2D eigenvalue weighted by Gasteiger charge is -2.44.